The second kappa shape index (κ2) is 6.43. The molecule has 2 aromatic heterocycles. The van der Waals surface area contributed by atoms with Crippen LogP contribution in [0.1, 0.15) is 64.4 Å². The summed E-state index contributed by atoms with van der Waals surface area (Å²) in [7, 11) is 0. The number of aromatic amines is 1. The molecule has 1 fully saturated rings. The van der Waals surface area contributed by atoms with Crippen LogP contribution in [0.2, 0.25) is 0 Å². The van der Waals surface area contributed by atoms with Gasteiger partial charge in [0, 0.05) is 24.2 Å². The molecule has 5 nitrogen and oxygen atoms in total. The van der Waals surface area contributed by atoms with Gasteiger partial charge in [0.1, 0.15) is 4.88 Å². The Labute approximate surface area is 141 Å². The van der Waals surface area contributed by atoms with E-state index in [-0.39, 0.29) is 11.9 Å². The van der Waals surface area contributed by atoms with Gasteiger partial charge in [-0.05, 0) is 32.6 Å². The minimum Gasteiger partial charge on any atom is -0.331 e. The number of H-pyrrole nitrogens is 1. The predicted molar refractivity (Wildman–Crippen MR) is 91.7 cm³/mol. The average molecular weight is 332 g/mol. The van der Waals surface area contributed by atoms with E-state index in [2.05, 4.69) is 29.0 Å². The highest BCUT2D eigenvalue weighted by Crippen LogP contribution is 2.36. The Morgan fingerprint density at radius 2 is 2.26 bits per heavy atom. The van der Waals surface area contributed by atoms with Gasteiger partial charge in [0.15, 0.2) is 0 Å². The van der Waals surface area contributed by atoms with E-state index in [1.807, 2.05) is 18.7 Å². The first-order valence-corrected chi connectivity index (χ1v) is 9.06. The summed E-state index contributed by atoms with van der Waals surface area (Å²) in [5.74, 6) is 0.667. The van der Waals surface area contributed by atoms with Crippen molar-refractivity contribution >= 4 is 17.2 Å². The number of carbonyl (C=O) groups excluding carboxylic acids is 1. The van der Waals surface area contributed by atoms with Crippen molar-refractivity contribution in [2.45, 2.75) is 53.0 Å². The standard InChI is InChI=1S/C17H24N4OS/c1-10(2)8-15-18-9-14(23-15)17(22)21-7-5-6-13(21)16-11(3)19-20-12(16)4/h9-10,13H,5-8H2,1-4H3,(H,19,20). The van der Waals surface area contributed by atoms with E-state index in [0.717, 1.165) is 47.1 Å². The summed E-state index contributed by atoms with van der Waals surface area (Å²) in [5.41, 5.74) is 3.25. The highest BCUT2D eigenvalue weighted by atomic mass is 32.1. The minimum atomic E-state index is 0.111. The Kier molecular flexibility index (Phi) is 4.53. The highest BCUT2D eigenvalue weighted by molar-refractivity contribution is 7.13. The molecule has 0 saturated carbocycles. The maximum atomic E-state index is 12.9. The van der Waals surface area contributed by atoms with Crippen LogP contribution in [0.25, 0.3) is 0 Å². The smallest absolute Gasteiger partial charge is 0.266 e. The Balaban J connectivity index is 1.82. The Morgan fingerprint density at radius 1 is 1.48 bits per heavy atom. The molecule has 3 heterocycles. The number of nitrogens with one attached hydrogen (secondary N) is 1. The van der Waals surface area contributed by atoms with Crippen LogP contribution in [0.5, 0.6) is 0 Å². The zero-order valence-corrected chi connectivity index (χ0v) is 15.0. The van der Waals surface area contributed by atoms with Gasteiger partial charge in [0.2, 0.25) is 0 Å². The normalized spacial score (nSPS) is 18.1. The van der Waals surface area contributed by atoms with E-state index >= 15 is 0 Å². The summed E-state index contributed by atoms with van der Waals surface area (Å²) in [5, 5.41) is 8.38. The summed E-state index contributed by atoms with van der Waals surface area (Å²) in [6, 6.07) is 0.136. The number of rotatable bonds is 4. The molecule has 1 N–H and O–H groups in total. The van der Waals surface area contributed by atoms with Crippen molar-refractivity contribution in [2.75, 3.05) is 6.54 Å². The van der Waals surface area contributed by atoms with Gasteiger partial charge in [0.05, 0.1) is 22.9 Å². The molecule has 124 valence electrons. The number of likely N-dealkylation sites (tertiary alicyclic amines) is 1. The molecule has 0 aromatic carbocycles. The first kappa shape index (κ1) is 16.2. The third kappa shape index (κ3) is 3.17. The summed E-state index contributed by atoms with van der Waals surface area (Å²) >= 11 is 1.54. The lowest BCUT2D eigenvalue weighted by Crippen LogP contribution is -2.30. The zero-order valence-electron chi connectivity index (χ0n) is 14.2. The molecule has 0 radical (unpaired) electrons. The van der Waals surface area contributed by atoms with E-state index in [1.54, 1.807) is 6.20 Å². The number of aromatic nitrogens is 3. The first-order valence-electron chi connectivity index (χ1n) is 8.24. The fraction of sp³-hybridized carbons (Fsp3) is 0.588. The molecule has 0 aliphatic carbocycles. The number of nitrogens with zero attached hydrogens (tertiary/aromatic N) is 3. The topological polar surface area (TPSA) is 61.9 Å². The zero-order chi connectivity index (χ0) is 16.6. The monoisotopic (exact) mass is 332 g/mol. The molecular formula is C17H24N4OS. The Hall–Kier alpha value is -1.69. The molecule has 1 amide bonds. The van der Waals surface area contributed by atoms with E-state index in [0.29, 0.717) is 5.92 Å². The number of carbonyl (C=O) groups is 1. The molecule has 0 spiro atoms. The molecule has 6 heteroatoms. The van der Waals surface area contributed by atoms with Crippen molar-refractivity contribution in [1.29, 1.82) is 0 Å². The molecule has 23 heavy (non-hydrogen) atoms. The lowest BCUT2D eigenvalue weighted by molar-refractivity contribution is 0.0740. The summed E-state index contributed by atoms with van der Waals surface area (Å²) in [6.45, 7) is 9.19. The fourth-order valence-corrected chi connectivity index (χ4v) is 4.44. The maximum Gasteiger partial charge on any atom is 0.266 e. The van der Waals surface area contributed by atoms with Crippen molar-refractivity contribution in [3.63, 3.8) is 0 Å². The van der Waals surface area contributed by atoms with Crippen molar-refractivity contribution in [3.05, 3.63) is 33.0 Å². The lowest BCUT2D eigenvalue weighted by Gasteiger charge is -2.24. The van der Waals surface area contributed by atoms with E-state index < -0.39 is 0 Å². The third-order valence-corrected chi connectivity index (χ3v) is 5.39. The molecule has 1 aliphatic heterocycles. The lowest BCUT2D eigenvalue weighted by atomic mass is 10.0. The van der Waals surface area contributed by atoms with Crippen LogP contribution >= 0.6 is 11.3 Å². The van der Waals surface area contributed by atoms with Crippen molar-refractivity contribution in [1.82, 2.24) is 20.1 Å². The van der Waals surface area contributed by atoms with E-state index in [9.17, 15) is 4.79 Å². The van der Waals surface area contributed by atoms with Crippen LogP contribution in [-0.4, -0.2) is 32.5 Å². The fourth-order valence-electron chi connectivity index (χ4n) is 3.35. The van der Waals surface area contributed by atoms with Gasteiger partial charge in [-0.3, -0.25) is 9.89 Å². The molecule has 2 aromatic rings. The van der Waals surface area contributed by atoms with Crippen molar-refractivity contribution < 1.29 is 4.79 Å². The first-order chi connectivity index (χ1) is 11.0. The maximum absolute atomic E-state index is 12.9. The summed E-state index contributed by atoms with van der Waals surface area (Å²) in [6.07, 6.45) is 4.72. The van der Waals surface area contributed by atoms with Crippen molar-refractivity contribution in [2.24, 2.45) is 5.92 Å². The van der Waals surface area contributed by atoms with Crippen LogP contribution in [0, 0.1) is 19.8 Å². The number of hydrogen-bond donors (Lipinski definition) is 1. The molecular weight excluding hydrogens is 308 g/mol. The van der Waals surface area contributed by atoms with Gasteiger partial charge in [0.25, 0.3) is 5.91 Å². The second-order valence-electron chi connectivity index (χ2n) is 6.72. The van der Waals surface area contributed by atoms with Gasteiger partial charge >= 0.3 is 0 Å². The van der Waals surface area contributed by atoms with Gasteiger partial charge in [-0.15, -0.1) is 11.3 Å². The molecule has 1 saturated heterocycles. The molecule has 1 atom stereocenters. The Bertz CT molecular complexity index is 684. The number of hydrogen-bond acceptors (Lipinski definition) is 4. The molecule has 1 aliphatic rings. The molecule has 1 unspecified atom stereocenters. The minimum absolute atomic E-state index is 0.111. The van der Waals surface area contributed by atoms with Crippen LogP contribution < -0.4 is 0 Å². The quantitative estimate of drug-likeness (QED) is 0.929. The predicted octanol–water partition coefficient (Wildman–Crippen LogP) is 3.66. The molecule has 0 bridgehead atoms. The SMILES string of the molecule is Cc1n[nH]c(C)c1C1CCCN1C(=O)c1cnc(CC(C)C)s1. The van der Waals surface area contributed by atoms with Gasteiger partial charge in [-0.2, -0.15) is 5.10 Å². The van der Waals surface area contributed by atoms with Crippen LogP contribution in [0.4, 0.5) is 0 Å². The Morgan fingerprint density at radius 3 is 2.91 bits per heavy atom. The van der Waals surface area contributed by atoms with Crippen LogP contribution in [-0.2, 0) is 6.42 Å². The highest BCUT2D eigenvalue weighted by Gasteiger charge is 2.34. The van der Waals surface area contributed by atoms with Gasteiger partial charge < -0.3 is 4.90 Å². The summed E-state index contributed by atoms with van der Waals surface area (Å²) in [4.78, 5) is 20.1. The third-order valence-electron chi connectivity index (χ3n) is 4.38. The number of thiazole rings is 1. The average Bonchev–Trinajstić information content (AvgIpc) is 3.19. The van der Waals surface area contributed by atoms with Crippen molar-refractivity contribution in [3.8, 4) is 0 Å². The number of amides is 1. The van der Waals surface area contributed by atoms with Gasteiger partial charge in [-0.25, -0.2) is 4.98 Å². The van der Waals surface area contributed by atoms with Crippen LogP contribution in [0.3, 0.4) is 0 Å². The largest absolute Gasteiger partial charge is 0.331 e. The second-order valence-corrected chi connectivity index (χ2v) is 7.84. The van der Waals surface area contributed by atoms with E-state index in [1.165, 1.54) is 16.9 Å². The summed E-state index contributed by atoms with van der Waals surface area (Å²) < 4.78 is 0. The number of aryl methyl sites for hydroxylation is 2. The van der Waals surface area contributed by atoms with E-state index in [4.69, 9.17) is 0 Å². The van der Waals surface area contributed by atoms with Gasteiger partial charge in [-0.1, -0.05) is 13.8 Å². The van der Waals surface area contributed by atoms with Crippen LogP contribution in [0.15, 0.2) is 6.20 Å². The molecule has 3 rings (SSSR count).